The normalized spacial score (nSPS) is 18.6. The summed E-state index contributed by atoms with van der Waals surface area (Å²) in [6.07, 6.45) is 40.2. The van der Waals surface area contributed by atoms with Crippen molar-refractivity contribution >= 4 is 17.9 Å². The third-order valence-electron chi connectivity index (χ3n) is 12.4. The van der Waals surface area contributed by atoms with E-state index in [4.69, 9.17) is 9.47 Å². The Labute approximate surface area is 338 Å². The fourth-order valence-electron chi connectivity index (χ4n) is 8.80. The molecular weight excluding hydrogens is 685 g/mol. The highest BCUT2D eigenvalue weighted by Crippen LogP contribution is 2.46. The highest BCUT2D eigenvalue weighted by atomic mass is 16.5. The summed E-state index contributed by atoms with van der Waals surface area (Å²) in [5.74, 6) is -0.550. The molecule has 55 heavy (non-hydrogen) atoms. The molecule has 316 valence electrons. The van der Waals surface area contributed by atoms with E-state index in [2.05, 4.69) is 20.8 Å². The van der Waals surface area contributed by atoms with Crippen LogP contribution in [-0.2, 0) is 14.3 Å². The maximum Gasteiger partial charge on any atom is 0.339 e. The molecule has 3 rings (SSSR count). The van der Waals surface area contributed by atoms with Crippen molar-refractivity contribution in [3.63, 3.8) is 0 Å². The van der Waals surface area contributed by atoms with Crippen LogP contribution in [0.1, 0.15) is 253 Å². The average Bonchev–Trinajstić information content (AvgIpc) is 3.19. The molecule has 6 heteroatoms. The predicted molar refractivity (Wildman–Crippen MR) is 229 cm³/mol. The number of carboxylic acid groups (broad SMARTS) is 1. The predicted octanol–water partition coefficient (Wildman–Crippen LogP) is 15.0. The summed E-state index contributed by atoms with van der Waals surface area (Å²) >= 11 is 0. The second kappa shape index (κ2) is 31.7. The number of carbonyl (C=O) groups excluding carboxylic acids is 2. The molecule has 0 atom stereocenters. The quantitative estimate of drug-likeness (QED) is 0.0645. The van der Waals surface area contributed by atoms with Gasteiger partial charge in [0.15, 0.2) is 0 Å². The van der Waals surface area contributed by atoms with E-state index in [1.165, 1.54) is 148 Å². The van der Waals surface area contributed by atoms with Crippen LogP contribution < -0.4 is 0 Å². The number of rotatable bonds is 29. The third kappa shape index (κ3) is 22.8. The first-order chi connectivity index (χ1) is 26.8. The van der Waals surface area contributed by atoms with E-state index in [1.54, 1.807) is 24.3 Å². The molecule has 0 unspecified atom stereocenters. The van der Waals surface area contributed by atoms with Crippen molar-refractivity contribution in [1.29, 1.82) is 0 Å². The number of carbonyl (C=O) groups is 3. The number of esters is 2. The molecule has 2 aliphatic rings. The number of aliphatic carboxylic acids is 1. The van der Waals surface area contributed by atoms with Crippen LogP contribution in [0.3, 0.4) is 0 Å². The Morgan fingerprint density at radius 2 is 1.07 bits per heavy atom. The molecule has 0 aliphatic heterocycles. The molecule has 0 aromatic heterocycles. The monoisotopic (exact) mass is 769 g/mol. The Hall–Kier alpha value is -2.37. The zero-order chi connectivity index (χ0) is 39.8. The van der Waals surface area contributed by atoms with Gasteiger partial charge in [-0.05, 0) is 87.7 Å². The lowest BCUT2D eigenvalue weighted by atomic mass is 9.65. The lowest BCUT2D eigenvalue weighted by Crippen LogP contribution is -2.30. The van der Waals surface area contributed by atoms with Crippen LogP contribution in [-0.4, -0.2) is 35.7 Å². The van der Waals surface area contributed by atoms with Crippen molar-refractivity contribution in [2.45, 2.75) is 239 Å². The van der Waals surface area contributed by atoms with Crippen LogP contribution in [0.4, 0.5) is 0 Å². The Kier molecular flexibility index (Phi) is 28.1. The van der Waals surface area contributed by atoms with Crippen molar-refractivity contribution in [3.05, 3.63) is 35.4 Å². The van der Waals surface area contributed by atoms with Gasteiger partial charge in [-0.3, -0.25) is 4.79 Å². The Balaban J connectivity index is 0.000000383. The summed E-state index contributed by atoms with van der Waals surface area (Å²) in [6, 6.07) is 6.82. The Morgan fingerprint density at radius 1 is 0.600 bits per heavy atom. The van der Waals surface area contributed by atoms with Gasteiger partial charge < -0.3 is 14.6 Å². The zero-order valence-electron chi connectivity index (χ0n) is 36.0. The van der Waals surface area contributed by atoms with Gasteiger partial charge in [-0.25, -0.2) is 9.59 Å². The van der Waals surface area contributed by atoms with Gasteiger partial charge in [0.1, 0.15) is 6.10 Å². The molecule has 0 spiro atoms. The Morgan fingerprint density at radius 3 is 1.60 bits per heavy atom. The van der Waals surface area contributed by atoms with Gasteiger partial charge in [0, 0.05) is 0 Å². The smallest absolute Gasteiger partial charge is 0.339 e. The number of benzene rings is 1. The molecule has 2 saturated carbocycles. The Bertz CT molecular complexity index is 1120. The highest BCUT2D eigenvalue weighted by molar-refractivity contribution is 6.03. The number of carboxylic acids is 1. The molecule has 6 nitrogen and oxygen atoms in total. The van der Waals surface area contributed by atoms with Crippen LogP contribution in [0.15, 0.2) is 24.3 Å². The maximum absolute atomic E-state index is 12.6. The van der Waals surface area contributed by atoms with Gasteiger partial charge in [0.05, 0.1) is 24.2 Å². The largest absolute Gasteiger partial charge is 0.481 e. The van der Waals surface area contributed by atoms with Gasteiger partial charge in [-0.2, -0.15) is 0 Å². The first kappa shape index (κ1) is 48.8. The first-order valence-corrected chi connectivity index (χ1v) is 23.5. The number of ether oxygens (including phenoxy) is 2. The SMILES string of the molecule is CCCCCCCCC1CCC(CCCCCCCC)(CC(=O)O)CC1.CCCCCCCCCCCOC(=O)c1ccccc1C(=O)OC1CCCCC1. The van der Waals surface area contributed by atoms with Gasteiger partial charge in [-0.1, -0.05) is 174 Å². The van der Waals surface area contributed by atoms with Crippen molar-refractivity contribution in [2.75, 3.05) is 6.61 Å². The highest BCUT2D eigenvalue weighted by Gasteiger charge is 2.36. The van der Waals surface area contributed by atoms with Crippen LogP contribution in [0.5, 0.6) is 0 Å². The third-order valence-corrected chi connectivity index (χ3v) is 12.4. The molecule has 1 N–H and O–H groups in total. The van der Waals surface area contributed by atoms with E-state index in [-0.39, 0.29) is 11.5 Å². The first-order valence-electron chi connectivity index (χ1n) is 23.5. The summed E-state index contributed by atoms with van der Waals surface area (Å²) < 4.78 is 11.0. The minimum Gasteiger partial charge on any atom is -0.481 e. The van der Waals surface area contributed by atoms with Crippen molar-refractivity contribution in [2.24, 2.45) is 11.3 Å². The topological polar surface area (TPSA) is 89.9 Å². The second-order valence-corrected chi connectivity index (χ2v) is 17.3. The number of unbranched alkanes of at least 4 members (excludes halogenated alkanes) is 18. The van der Waals surface area contributed by atoms with Gasteiger partial charge in [-0.15, -0.1) is 0 Å². The molecule has 0 heterocycles. The molecule has 1 aromatic rings. The molecule has 1 aromatic carbocycles. The van der Waals surface area contributed by atoms with E-state index in [1.807, 2.05) is 0 Å². The summed E-state index contributed by atoms with van der Waals surface area (Å²) in [4.78, 5) is 36.4. The van der Waals surface area contributed by atoms with Crippen molar-refractivity contribution < 1.29 is 29.0 Å². The van der Waals surface area contributed by atoms with Gasteiger partial charge in [0.2, 0.25) is 0 Å². The van der Waals surface area contributed by atoms with Crippen LogP contribution in [0.25, 0.3) is 0 Å². The van der Waals surface area contributed by atoms with Crippen molar-refractivity contribution in [3.8, 4) is 0 Å². The van der Waals surface area contributed by atoms with Gasteiger partial charge >= 0.3 is 17.9 Å². The number of hydrogen-bond donors (Lipinski definition) is 1. The fourth-order valence-corrected chi connectivity index (χ4v) is 8.80. The lowest BCUT2D eigenvalue weighted by Gasteiger charge is -2.39. The number of hydrogen-bond acceptors (Lipinski definition) is 5. The van der Waals surface area contributed by atoms with E-state index in [9.17, 15) is 19.5 Å². The average molecular weight is 769 g/mol. The molecule has 0 bridgehead atoms. The van der Waals surface area contributed by atoms with Crippen LogP contribution in [0.2, 0.25) is 0 Å². The molecule has 2 aliphatic carbocycles. The minimum absolute atomic E-state index is 0.0256. The summed E-state index contributed by atoms with van der Waals surface area (Å²) in [5, 5.41) is 9.41. The molecule has 0 saturated heterocycles. The molecule has 2 fully saturated rings. The van der Waals surface area contributed by atoms with E-state index < -0.39 is 17.9 Å². The molecule has 0 amide bonds. The van der Waals surface area contributed by atoms with Crippen LogP contribution in [0, 0.1) is 11.3 Å². The standard InChI is InChI=1S/C25H38O4.C24H46O2/c1-2-3-4-5-6-7-8-9-15-20-28-24(26)22-18-13-14-19-23(22)25(27)29-21-16-11-10-12-17-21;1-3-5-7-9-11-13-15-22-16-19-24(20-17-22,21-23(25)26)18-14-12-10-8-6-4-2/h13-14,18-19,21H,2-12,15-17,20H2,1H3;22H,3-21H2,1-2H3,(H,25,26). The zero-order valence-corrected chi connectivity index (χ0v) is 36.0. The summed E-state index contributed by atoms with van der Waals surface area (Å²) in [7, 11) is 0. The van der Waals surface area contributed by atoms with Crippen LogP contribution >= 0.6 is 0 Å². The summed E-state index contributed by atoms with van der Waals surface area (Å²) in [6.45, 7) is 7.17. The van der Waals surface area contributed by atoms with Crippen molar-refractivity contribution in [1.82, 2.24) is 0 Å². The summed E-state index contributed by atoms with van der Waals surface area (Å²) in [5.41, 5.74) is 0.744. The van der Waals surface area contributed by atoms with Gasteiger partial charge in [0.25, 0.3) is 0 Å². The minimum atomic E-state index is -0.578. The maximum atomic E-state index is 12.6. The van der Waals surface area contributed by atoms with E-state index in [0.29, 0.717) is 24.2 Å². The molecular formula is C49H84O6. The second-order valence-electron chi connectivity index (χ2n) is 17.3. The van der Waals surface area contributed by atoms with E-state index in [0.717, 1.165) is 63.7 Å². The fraction of sp³-hybridized carbons (Fsp3) is 0.816. The molecule has 0 radical (unpaired) electrons. The van der Waals surface area contributed by atoms with E-state index >= 15 is 0 Å². The lowest BCUT2D eigenvalue weighted by molar-refractivity contribution is -0.140.